The second kappa shape index (κ2) is 10.0. The van der Waals surface area contributed by atoms with Crippen molar-refractivity contribution in [1.82, 2.24) is 4.90 Å². The van der Waals surface area contributed by atoms with Gasteiger partial charge in [0.05, 0.1) is 13.2 Å². The second-order valence-electron chi connectivity index (χ2n) is 8.03. The second-order valence-corrected chi connectivity index (χ2v) is 8.03. The van der Waals surface area contributed by atoms with Gasteiger partial charge in [0, 0.05) is 31.9 Å². The van der Waals surface area contributed by atoms with Gasteiger partial charge in [0.1, 0.15) is 11.6 Å². The van der Waals surface area contributed by atoms with Crippen LogP contribution in [0.25, 0.3) is 0 Å². The summed E-state index contributed by atoms with van der Waals surface area (Å²) in [5.41, 5.74) is 7.22. The van der Waals surface area contributed by atoms with E-state index in [-0.39, 0.29) is 5.91 Å². The highest BCUT2D eigenvalue weighted by molar-refractivity contribution is 5.95. The van der Waals surface area contributed by atoms with E-state index in [4.69, 9.17) is 15.2 Å². The molecule has 1 atom stereocenters. The summed E-state index contributed by atoms with van der Waals surface area (Å²) in [5, 5.41) is 0. The number of rotatable bonds is 8. The van der Waals surface area contributed by atoms with Crippen LogP contribution in [0.3, 0.4) is 0 Å². The molecule has 1 aliphatic heterocycles. The molecule has 7 nitrogen and oxygen atoms in total. The molecule has 0 saturated carbocycles. The molecule has 1 fully saturated rings. The van der Waals surface area contributed by atoms with Crippen molar-refractivity contribution < 1.29 is 19.1 Å². The molecule has 1 aliphatic rings. The monoisotopic (exact) mass is 391 g/mol. The molecular formula is C21H33N3O4. The Kier molecular flexibility index (Phi) is 7.98. The highest BCUT2D eigenvalue weighted by atomic mass is 16.6. The van der Waals surface area contributed by atoms with Crippen molar-refractivity contribution in [2.75, 3.05) is 44.3 Å². The van der Waals surface area contributed by atoms with Crippen LogP contribution in [-0.2, 0) is 25.5 Å². The molecule has 1 saturated heterocycles. The Morgan fingerprint density at radius 3 is 2.46 bits per heavy atom. The topological polar surface area (TPSA) is 85.1 Å². The molecule has 2 N–H and O–H groups in total. The van der Waals surface area contributed by atoms with Gasteiger partial charge < -0.3 is 20.1 Å². The summed E-state index contributed by atoms with van der Waals surface area (Å²) in [7, 11) is 0. The number of piperazine rings is 1. The molecule has 156 valence electrons. The third-order valence-corrected chi connectivity index (χ3v) is 4.47. The Hall–Kier alpha value is -1.96. The Balaban J connectivity index is 1.88. The van der Waals surface area contributed by atoms with Crippen LogP contribution in [0.1, 0.15) is 33.3 Å². The van der Waals surface area contributed by atoms with Crippen LogP contribution in [0, 0.1) is 0 Å². The lowest BCUT2D eigenvalue weighted by atomic mass is 10.1. The average Bonchev–Trinajstić information content (AvgIpc) is 2.61. The molecule has 1 aromatic carbocycles. The molecule has 0 unspecified atom stereocenters. The summed E-state index contributed by atoms with van der Waals surface area (Å²) in [4.78, 5) is 28.4. The fraction of sp³-hybridized carbons (Fsp3) is 0.619. The van der Waals surface area contributed by atoms with Crippen molar-refractivity contribution in [3.05, 3.63) is 29.8 Å². The van der Waals surface area contributed by atoms with Gasteiger partial charge in [0.15, 0.2) is 0 Å². The number of carbonyl (C=O) groups is 2. The Labute approximate surface area is 167 Å². The predicted molar refractivity (Wildman–Crippen MR) is 109 cm³/mol. The summed E-state index contributed by atoms with van der Waals surface area (Å²) >= 11 is 0. The lowest BCUT2D eigenvalue weighted by Gasteiger charge is -2.34. The summed E-state index contributed by atoms with van der Waals surface area (Å²) in [6.07, 6.45) is 0.397. The van der Waals surface area contributed by atoms with E-state index < -0.39 is 17.6 Å². The third kappa shape index (κ3) is 6.89. The predicted octanol–water partition coefficient (Wildman–Crippen LogP) is 1.58. The van der Waals surface area contributed by atoms with Gasteiger partial charge in [0.2, 0.25) is 5.91 Å². The van der Waals surface area contributed by atoms with Crippen molar-refractivity contribution in [2.24, 2.45) is 5.73 Å². The molecular weight excluding hydrogens is 358 g/mol. The number of nitrogens with two attached hydrogens (primary N) is 1. The maximum absolute atomic E-state index is 12.5. The Morgan fingerprint density at radius 1 is 1.21 bits per heavy atom. The molecule has 2 rings (SSSR count). The fourth-order valence-corrected chi connectivity index (χ4v) is 3.05. The number of carbonyl (C=O) groups excluding carboxylic acids is 2. The van der Waals surface area contributed by atoms with E-state index in [0.29, 0.717) is 32.7 Å². The maximum Gasteiger partial charge on any atom is 0.323 e. The van der Waals surface area contributed by atoms with E-state index >= 15 is 0 Å². The van der Waals surface area contributed by atoms with Crippen LogP contribution in [0.5, 0.6) is 0 Å². The van der Waals surface area contributed by atoms with Gasteiger partial charge in [0.25, 0.3) is 0 Å². The lowest BCUT2D eigenvalue weighted by molar-refractivity contribution is -0.156. The van der Waals surface area contributed by atoms with Crippen molar-refractivity contribution in [3.63, 3.8) is 0 Å². The SMILES string of the molecule is CCOCCN1CCN(c2ccc(C[C@H](N)C(=O)OC(C)(C)C)cc2)C(=O)C1. The molecule has 28 heavy (non-hydrogen) atoms. The van der Waals surface area contributed by atoms with E-state index in [1.54, 1.807) is 4.90 Å². The number of ether oxygens (including phenoxy) is 2. The Morgan fingerprint density at radius 2 is 1.89 bits per heavy atom. The smallest absolute Gasteiger partial charge is 0.323 e. The molecule has 0 radical (unpaired) electrons. The first-order valence-corrected chi connectivity index (χ1v) is 9.87. The first-order chi connectivity index (χ1) is 13.2. The first-order valence-electron chi connectivity index (χ1n) is 9.87. The molecule has 7 heteroatoms. The van der Waals surface area contributed by atoms with E-state index in [1.165, 1.54) is 0 Å². The molecule has 1 heterocycles. The number of amides is 1. The number of anilines is 1. The minimum atomic E-state index is -0.708. The molecule has 0 spiro atoms. The van der Waals surface area contributed by atoms with Crippen LogP contribution in [0.15, 0.2) is 24.3 Å². The zero-order chi connectivity index (χ0) is 20.7. The minimum absolute atomic E-state index is 0.0842. The zero-order valence-corrected chi connectivity index (χ0v) is 17.4. The van der Waals surface area contributed by atoms with Crippen molar-refractivity contribution in [3.8, 4) is 0 Å². The number of hydrogen-bond donors (Lipinski definition) is 1. The lowest BCUT2D eigenvalue weighted by Crippen LogP contribution is -2.51. The van der Waals surface area contributed by atoms with E-state index in [2.05, 4.69) is 4.90 Å². The van der Waals surface area contributed by atoms with Crippen LogP contribution < -0.4 is 10.6 Å². The molecule has 0 aromatic heterocycles. The van der Waals surface area contributed by atoms with Crippen molar-refractivity contribution in [1.29, 1.82) is 0 Å². The molecule has 0 aliphatic carbocycles. The number of benzene rings is 1. The number of esters is 1. The largest absolute Gasteiger partial charge is 0.459 e. The van der Waals surface area contributed by atoms with Gasteiger partial charge in [-0.15, -0.1) is 0 Å². The normalized spacial score (nSPS) is 16.9. The fourth-order valence-electron chi connectivity index (χ4n) is 3.05. The quantitative estimate of drug-likeness (QED) is 0.535. The molecule has 0 bridgehead atoms. The van der Waals surface area contributed by atoms with Crippen LogP contribution >= 0.6 is 0 Å². The molecule has 1 amide bonds. The standard InChI is InChI=1S/C21H33N3O4/c1-5-27-13-12-23-10-11-24(19(25)15-23)17-8-6-16(7-9-17)14-18(22)20(26)28-21(2,3)4/h6-9,18H,5,10-15,22H2,1-4H3/t18-/m0/s1. The van der Waals surface area contributed by atoms with Crippen molar-refractivity contribution in [2.45, 2.75) is 45.8 Å². The summed E-state index contributed by atoms with van der Waals surface area (Å²) < 4.78 is 10.7. The van der Waals surface area contributed by atoms with Crippen LogP contribution in [0.2, 0.25) is 0 Å². The highest BCUT2D eigenvalue weighted by Gasteiger charge is 2.25. The van der Waals surface area contributed by atoms with Crippen LogP contribution in [0.4, 0.5) is 5.69 Å². The van der Waals surface area contributed by atoms with E-state index in [9.17, 15) is 9.59 Å². The van der Waals surface area contributed by atoms with Gasteiger partial charge in [-0.25, -0.2) is 0 Å². The summed E-state index contributed by atoms with van der Waals surface area (Å²) in [6.45, 7) is 11.4. The van der Waals surface area contributed by atoms with E-state index in [0.717, 1.165) is 24.3 Å². The summed E-state index contributed by atoms with van der Waals surface area (Å²) in [6, 6.07) is 6.93. The Bertz CT molecular complexity index is 655. The molecule has 1 aromatic rings. The van der Waals surface area contributed by atoms with Gasteiger partial charge in [-0.05, 0) is 51.8 Å². The zero-order valence-electron chi connectivity index (χ0n) is 17.4. The number of hydrogen-bond acceptors (Lipinski definition) is 6. The van der Waals surface area contributed by atoms with Gasteiger partial charge in [-0.3, -0.25) is 14.5 Å². The van der Waals surface area contributed by atoms with Crippen LogP contribution in [-0.4, -0.2) is 67.8 Å². The number of nitrogens with zero attached hydrogens (tertiary/aromatic N) is 2. The summed E-state index contributed by atoms with van der Waals surface area (Å²) in [5.74, 6) is -0.323. The average molecular weight is 392 g/mol. The van der Waals surface area contributed by atoms with Gasteiger partial charge in [-0.1, -0.05) is 12.1 Å². The van der Waals surface area contributed by atoms with Gasteiger partial charge >= 0.3 is 5.97 Å². The maximum atomic E-state index is 12.5. The van der Waals surface area contributed by atoms with Gasteiger partial charge in [-0.2, -0.15) is 0 Å². The first kappa shape index (κ1) is 22.3. The van der Waals surface area contributed by atoms with Crippen molar-refractivity contribution >= 4 is 17.6 Å². The minimum Gasteiger partial charge on any atom is -0.459 e. The highest BCUT2D eigenvalue weighted by Crippen LogP contribution is 2.19. The third-order valence-electron chi connectivity index (χ3n) is 4.47. The van der Waals surface area contributed by atoms with E-state index in [1.807, 2.05) is 52.0 Å².